The molecule has 0 saturated heterocycles. The molecule has 10 heteroatoms. The minimum atomic E-state index is -4.40. The van der Waals surface area contributed by atoms with E-state index < -0.39 is 12.8 Å². The van der Waals surface area contributed by atoms with Crippen LogP contribution in [0.15, 0.2) is 52.4 Å². The summed E-state index contributed by atoms with van der Waals surface area (Å²) in [6.07, 6.45) is -0.979. The molecule has 1 aromatic heterocycles. The van der Waals surface area contributed by atoms with Crippen molar-refractivity contribution in [1.29, 1.82) is 0 Å². The van der Waals surface area contributed by atoms with Crippen molar-refractivity contribution in [3.05, 3.63) is 64.1 Å². The Morgan fingerprint density at radius 2 is 1.94 bits per heavy atom. The molecular weight excluding hydrogens is 536 g/mol. The van der Waals surface area contributed by atoms with Crippen molar-refractivity contribution in [2.24, 2.45) is 4.99 Å². The molecule has 6 nitrogen and oxygen atoms in total. The molecule has 0 spiro atoms. The van der Waals surface area contributed by atoms with Gasteiger partial charge < -0.3 is 19.9 Å². The summed E-state index contributed by atoms with van der Waals surface area (Å²) in [7, 11) is 0. The van der Waals surface area contributed by atoms with Crippen LogP contribution < -0.4 is 20.9 Å². The molecule has 0 fully saturated rings. The molecule has 178 valence electrons. The summed E-state index contributed by atoms with van der Waals surface area (Å²) in [5, 5.41) is 6.33. The van der Waals surface area contributed by atoms with E-state index in [0.29, 0.717) is 31.2 Å². The van der Waals surface area contributed by atoms with Crippen LogP contribution in [-0.2, 0) is 13.1 Å². The van der Waals surface area contributed by atoms with Crippen LogP contribution in [0.4, 0.5) is 13.2 Å². The maximum Gasteiger partial charge on any atom is 0.422 e. The number of halogens is 4. The predicted octanol–water partition coefficient (Wildman–Crippen LogP) is 4.25. The van der Waals surface area contributed by atoms with Crippen LogP contribution in [0, 0.1) is 6.92 Å². The van der Waals surface area contributed by atoms with Gasteiger partial charge in [0.25, 0.3) is 0 Å². The topological polar surface area (TPSA) is 67.7 Å². The van der Waals surface area contributed by atoms with Gasteiger partial charge in [-0.15, -0.1) is 24.0 Å². The van der Waals surface area contributed by atoms with Crippen LogP contribution in [0.2, 0.25) is 0 Å². The molecule has 0 unspecified atom stereocenters. The SMILES string of the molecule is CCNC(=NCc1ccc(C)cc1OCC(F)(F)F)NCCCCn1ccccc1=O.I. The first kappa shape index (κ1) is 27.8. The Hall–Kier alpha value is -2.24. The summed E-state index contributed by atoms with van der Waals surface area (Å²) < 4.78 is 44.2. The number of hydrogen-bond donors (Lipinski definition) is 2. The number of pyridine rings is 1. The average Bonchev–Trinajstić information content (AvgIpc) is 2.71. The first-order chi connectivity index (χ1) is 14.8. The summed E-state index contributed by atoms with van der Waals surface area (Å²) in [5.74, 6) is 0.756. The maximum atomic E-state index is 12.5. The van der Waals surface area contributed by atoms with Crippen molar-refractivity contribution in [3.8, 4) is 5.75 Å². The number of benzene rings is 1. The molecule has 0 atom stereocenters. The Bertz CT molecular complexity index is 917. The van der Waals surface area contributed by atoms with E-state index in [-0.39, 0.29) is 41.8 Å². The van der Waals surface area contributed by atoms with E-state index in [1.54, 1.807) is 35.9 Å². The summed E-state index contributed by atoms with van der Waals surface area (Å²) in [6.45, 7) is 4.51. The van der Waals surface area contributed by atoms with Crippen molar-refractivity contribution in [2.45, 2.75) is 46.0 Å². The molecule has 0 amide bonds. The van der Waals surface area contributed by atoms with Gasteiger partial charge in [-0.25, -0.2) is 4.99 Å². The number of unbranched alkanes of at least 4 members (excludes halogenated alkanes) is 1. The molecule has 0 radical (unpaired) electrons. The second-order valence-electron chi connectivity index (χ2n) is 7.08. The number of aliphatic imine (C=N–C) groups is 1. The van der Waals surface area contributed by atoms with E-state index >= 15 is 0 Å². The Labute approximate surface area is 203 Å². The van der Waals surface area contributed by atoms with Gasteiger partial charge in [-0.1, -0.05) is 18.2 Å². The number of alkyl halides is 3. The van der Waals surface area contributed by atoms with Gasteiger partial charge in [-0.3, -0.25) is 4.79 Å². The fourth-order valence-electron chi connectivity index (χ4n) is 2.85. The third kappa shape index (κ3) is 10.4. The molecule has 0 aliphatic rings. The van der Waals surface area contributed by atoms with Crippen molar-refractivity contribution in [3.63, 3.8) is 0 Å². The first-order valence-corrected chi connectivity index (χ1v) is 10.2. The fraction of sp³-hybridized carbons (Fsp3) is 0.455. The van der Waals surface area contributed by atoms with Crippen LogP contribution in [-0.4, -0.2) is 36.4 Å². The standard InChI is InChI=1S/C22H29F3N4O2.HI/c1-3-26-21(27-11-5-7-13-29-12-6-4-8-20(29)30)28-15-18-10-9-17(2)14-19(18)31-16-22(23,24)25;/h4,6,8-10,12,14H,3,5,7,11,13,15-16H2,1-2H3,(H2,26,27,28);1H. The van der Waals surface area contributed by atoms with Crippen LogP contribution >= 0.6 is 24.0 Å². The predicted molar refractivity (Wildman–Crippen MR) is 131 cm³/mol. The van der Waals surface area contributed by atoms with E-state index in [1.807, 2.05) is 19.1 Å². The van der Waals surface area contributed by atoms with E-state index in [9.17, 15) is 18.0 Å². The van der Waals surface area contributed by atoms with Crippen molar-refractivity contribution >= 4 is 29.9 Å². The van der Waals surface area contributed by atoms with Gasteiger partial charge in [-0.2, -0.15) is 13.2 Å². The number of ether oxygens (including phenoxy) is 1. The number of guanidine groups is 1. The molecular formula is C22H30F3IN4O2. The number of rotatable bonds is 10. The highest BCUT2D eigenvalue weighted by Crippen LogP contribution is 2.24. The molecule has 1 heterocycles. The zero-order chi connectivity index (χ0) is 22.7. The summed E-state index contributed by atoms with van der Waals surface area (Å²) >= 11 is 0. The van der Waals surface area contributed by atoms with Gasteiger partial charge in [0.1, 0.15) is 5.75 Å². The Balaban J connectivity index is 0.00000512. The molecule has 0 saturated carbocycles. The zero-order valence-electron chi connectivity index (χ0n) is 18.2. The van der Waals surface area contributed by atoms with E-state index in [4.69, 9.17) is 4.74 Å². The molecule has 1 aromatic carbocycles. The highest BCUT2D eigenvalue weighted by atomic mass is 127. The largest absolute Gasteiger partial charge is 0.484 e. The minimum absolute atomic E-state index is 0. The third-order valence-electron chi connectivity index (χ3n) is 4.38. The number of nitrogens with one attached hydrogen (secondary N) is 2. The molecule has 2 rings (SSSR count). The molecule has 0 aliphatic heterocycles. The van der Waals surface area contributed by atoms with Gasteiger partial charge in [0, 0.05) is 37.5 Å². The minimum Gasteiger partial charge on any atom is -0.484 e. The maximum absolute atomic E-state index is 12.5. The lowest BCUT2D eigenvalue weighted by atomic mass is 10.1. The van der Waals surface area contributed by atoms with E-state index in [0.717, 1.165) is 18.4 Å². The van der Waals surface area contributed by atoms with Crippen molar-refractivity contribution in [1.82, 2.24) is 15.2 Å². The monoisotopic (exact) mass is 566 g/mol. The van der Waals surface area contributed by atoms with Crippen molar-refractivity contribution in [2.75, 3.05) is 19.7 Å². The van der Waals surface area contributed by atoms with E-state index in [1.165, 1.54) is 6.07 Å². The van der Waals surface area contributed by atoms with Gasteiger partial charge >= 0.3 is 6.18 Å². The van der Waals surface area contributed by atoms with Crippen LogP contribution in [0.25, 0.3) is 0 Å². The second-order valence-corrected chi connectivity index (χ2v) is 7.08. The van der Waals surface area contributed by atoms with E-state index in [2.05, 4.69) is 15.6 Å². The summed E-state index contributed by atoms with van der Waals surface area (Å²) in [5.41, 5.74) is 1.37. The highest BCUT2D eigenvalue weighted by Gasteiger charge is 2.28. The molecule has 32 heavy (non-hydrogen) atoms. The third-order valence-corrected chi connectivity index (χ3v) is 4.38. The molecule has 0 aliphatic carbocycles. The van der Waals surface area contributed by atoms with Gasteiger partial charge in [-0.05, 0) is 44.4 Å². The smallest absolute Gasteiger partial charge is 0.422 e. The number of nitrogens with zero attached hydrogens (tertiary/aromatic N) is 2. The Morgan fingerprint density at radius 3 is 2.62 bits per heavy atom. The lowest BCUT2D eigenvalue weighted by Gasteiger charge is -2.14. The van der Waals surface area contributed by atoms with Gasteiger partial charge in [0.05, 0.1) is 6.54 Å². The summed E-state index contributed by atoms with van der Waals surface area (Å²) in [6, 6.07) is 10.2. The normalized spacial score (nSPS) is 11.6. The fourth-order valence-corrected chi connectivity index (χ4v) is 2.85. The quantitative estimate of drug-likeness (QED) is 0.195. The second kappa shape index (κ2) is 14.0. The highest BCUT2D eigenvalue weighted by molar-refractivity contribution is 14.0. The molecule has 0 bridgehead atoms. The lowest BCUT2D eigenvalue weighted by molar-refractivity contribution is -0.153. The number of aryl methyl sites for hydroxylation is 2. The van der Waals surface area contributed by atoms with Crippen molar-refractivity contribution < 1.29 is 17.9 Å². The first-order valence-electron chi connectivity index (χ1n) is 10.2. The van der Waals surface area contributed by atoms with Gasteiger partial charge in [0.2, 0.25) is 5.56 Å². The van der Waals surface area contributed by atoms with Gasteiger partial charge in [0.15, 0.2) is 12.6 Å². The molecule has 2 N–H and O–H groups in total. The molecule has 2 aromatic rings. The average molecular weight is 566 g/mol. The van der Waals surface area contributed by atoms with Crippen LogP contribution in [0.5, 0.6) is 5.75 Å². The van der Waals surface area contributed by atoms with Crippen LogP contribution in [0.1, 0.15) is 30.9 Å². The number of aromatic nitrogens is 1. The Morgan fingerprint density at radius 1 is 1.16 bits per heavy atom. The Kier molecular flexibility index (Phi) is 12.2. The zero-order valence-corrected chi connectivity index (χ0v) is 20.6. The lowest BCUT2D eigenvalue weighted by Crippen LogP contribution is -2.37. The number of hydrogen-bond acceptors (Lipinski definition) is 3. The van der Waals surface area contributed by atoms with Crippen LogP contribution in [0.3, 0.4) is 0 Å². The summed E-state index contributed by atoms with van der Waals surface area (Å²) in [4.78, 5) is 16.2.